The molecule has 1 saturated heterocycles. The molecule has 1 N–H and O–H groups in total. The number of nitrogens with one attached hydrogen (secondary N) is 1. The summed E-state index contributed by atoms with van der Waals surface area (Å²) in [6.07, 6.45) is 4.74. The van der Waals surface area contributed by atoms with Crippen molar-refractivity contribution in [1.82, 2.24) is 14.9 Å². The number of aryl methyl sites for hydroxylation is 1. The van der Waals surface area contributed by atoms with Crippen molar-refractivity contribution < 1.29 is 16.1 Å². The lowest BCUT2D eigenvalue weighted by atomic mass is 10.0. The van der Waals surface area contributed by atoms with Crippen LogP contribution in [0.2, 0.25) is 5.02 Å². The fraction of sp³-hybridized carbons (Fsp3) is 0.346. The van der Waals surface area contributed by atoms with E-state index in [0.717, 1.165) is 35.8 Å². The largest absolute Gasteiger partial charge is 0.368 e. The highest BCUT2D eigenvalue weighted by Gasteiger charge is 2.30. The van der Waals surface area contributed by atoms with Crippen molar-refractivity contribution in [3.05, 3.63) is 71.6 Å². The van der Waals surface area contributed by atoms with E-state index >= 15 is 0 Å². The van der Waals surface area contributed by atoms with E-state index in [2.05, 4.69) is 31.4 Å². The molecule has 1 aromatic heterocycles. The van der Waals surface area contributed by atoms with Gasteiger partial charge in [-0.1, -0.05) is 11.6 Å². The van der Waals surface area contributed by atoms with Gasteiger partial charge in [0.15, 0.2) is 0 Å². The first kappa shape index (κ1) is 25.3. The summed E-state index contributed by atoms with van der Waals surface area (Å²) >= 11 is 6.16. The number of nitrogens with zero attached hydrogens (tertiary/aromatic N) is 5. The summed E-state index contributed by atoms with van der Waals surface area (Å²) in [5.41, 5.74) is 3.21. The molecule has 0 spiro atoms. The molecule has 1 amide bonds. The first-order valence-corrected chi connectivity index (χ1v) is 14.1. The molecule has 198 valence electrons. The monoisotopic (exact) mass is 544 g/mol. The SMILES string of the molecule is C[C@H]1CN(c2ccc(S(=O)(=O)Nc3ccncn3)cc2)CCN1C(=O)CN1CCCc2cc(Cl)ccc21.[HH].[HH]. The molecule has 3 heterocycles. The molecule has 0 aliphatic carbocycles. The number of anilines is 3. The van der Waals surface area contributed by atoms with Gasteiger partial charge in [-0.05, 0) is 73.9 Å². The average Bonchev–Trinajstić information content (AvgIpc) is 2.89. The standard InChI is InChI=1S/C26H29ClN6O3S.2H2/c1-19-16-31(22-5-7-23(8-6-22)37(35,36)30-25-10-11-28-18-29-25)13-14-33(19)26(34)17-32-12-2-3-20-15-21(27)4-9-24(20)32;;/h4-11,15,18-19H,2-3,12-14,16-17H2,1H3,(H,28,29,30);2*1H/t19-;;/m0../s1. The summed E-state index contributed by atoms with van der Waals surface area (Å²) in [6.45, 7) is 5.22. The Bertz CT molecular complexity index is 1380. The zero-order valence-corrected chi connectivity index (χ0v) is 22.1. The Hall–Kier alpha value is -3.37. The molecule has 1 atom stereocenters. The fourth-order valence-corrected chi connectivity index (χ4v) is 6.21. The first-order valence-electron chi connectivity index (χ1n) is 12.3. The topological polar surface area (TPSA) is 98.7 Å². The molecule has 0 saturated carbocycles. The zero-order chi connectivity index (χ0) is 26.0. The van der Waals surface area contributed by atoms with Crippen LogP contribution in [0.4, 0.5) is 17.2 Å². The van der Waals surface area contributed by atoms with Gasteiger partial charge in [0.2, 0.25) is 5.91 Å². The lowest BCUT2D eigenvalue weighted by molar-refractivity contribution is -0.132. The second-order valence-electron chi connectivity index (χ2n) is 9.37. The molecule has 2 aliphatic rings. The first-order chi connectivity index (χ1) is 17.8. The number of piperazine rings is 1. The number of fused-ring (bicyclic) bond motifs is 1. The quantitative estimate of drug-likeness (QED) is 0.502. The maximum atomic E-state index is 13.3. The van der Waals surface area contributed by atoms with Crippen molar-refractivity contribution in [2.75, 3.05) is 47.2 Å². The van der Waals surface area contributed by atoms with Gasteiger partial charge in [0, 0.05) is 57.7 Å². The summed E-state index contributed by atoms with van der Waals surface area (Å²) < 4.78 is 27.8. The molecule has 37 heavy (non-hydrogen) atoms. The third-order valence-corrected chi connectivity index (χ3v) is 8.47. The van der Waals surface area contributed by atoms with Crippen molar-refractivity contribution in [1.29, 1.82) is 0 Å². The van der Waals surface area contributed by atoms with E-state index in [-0.39, 0.29) is 25.5 Å². The Morgan fingerprint density at radius 1 is 1.14 bits per heavy atom. The van der Waals surface area contributed by atoms with Crippen molar-refractivity contribution in [3.63, 3.8) is 0 Å². The highest BCUT2D eigenvalue weighted by molar-refractivity contribution is 7.92. The van der Waals surface area contributed by atoms with Gasteiger partial charge in [-0.2, -0.15) is 0 Å². The third kappa shape index (κ3) is 5.65. The summed E-state index contributed by atoms with van der Waals surface area (Å²) in [6, 6.07) is 14.2. The van der Waals surface area contributed by atoms with Gasteiger partial charge < -0.3 is 14.7 Å². The maximum absolute atomic E-state index is 13.3. The Morgan fingerprint density at radius 2 is 1.95 bits per heavy atom. The number of sulfonamides is 1. The van der Waals surface area contributed by atoms with E-state index in [4.69, 9.17) is 11.6 Å². The Balaban J connectivity index is 0.00000210. The number of amides is 1. The minimum atomic E-state index is -3.75. The normalized spacial score (nSPS) is 17.9. The van der Waals surface area contributed by atoms with Crippen molar-refractivity contribution >= 4 is 44.7 Å². The molecule has 0 unspecified atom stereocenters. The van der Waals surface area contributed by atoms with Crippen LogP contribution in [0.3, 0.4) is 0 Å². The Kier molecular flexibility index (Phi) is 7.21. The van der Waals surface area contributed by atoms with Crippen molar-refractivity contribution in [2.24, 2.45) is 0 Å². The maximum Gasteiger partial charge on any atom is 0.263 e. The minimum absolute atomic E-state index is 0. The van der Waals surface area contributed by atoms with Crippen LogP contribution < -0.4 is 14.5 Å². The number of carbonyl (C=O) groups excluding carboxylic acids is 1. The molecule has 0 bridgehead atoms. The Labute approximate surface area is 225 Å². The van der Waals surface area contributed by atoms with E-state index in [1.165, 1.54) is 24.2 Å². The van der Waals surface area contributed by atoms with E-state index in [1.54, 1.807) is 24.3 Å². The van der Waals surface area contributed by atoms with Crippen LogP contribution in [-0.4, -0.2) is 68.0 Å². The second-order valence-corrected chi connectivity index (χ2v) is 11.5. The minimum Gasteiger partial charge on any atom is -0.368 e. The average molecular weight is 545 g/mol. The molecule has 5 rings (SSSR count). The lowest BCUT2D eigenvalue weighted by Crippen LogP contribution is -2.56. The van der Waals surface area contributed by atoms with Gasteiger partial charge in [-0.25, -0.2) is 18.4 Å². The van der Waals surface area contributed by atoms with Gasteiger partial charge in [-0.3, -0.25) is 9.52 Å². The van der Waals surface area contributed by atoms with Gasteiger partial charge in [0.1, 0.15) is 12.1 Å². The van der Waals surface area contributed by atoms with E-state index in [1.807, 2.05) is 23.1 Å². The third-order valence-electron chi connectivity index (χ3n) is 6.86. The molecule has 1 fully saturated rings. The number of hydrogen-bond acceptors (Lipinski definition) is 7. The summed E-state index contributed by atoms with van der Waals surface area (Å²) in [4.78, 5) is 27.4. The molecular formula is C26H33ClN6O3S. The zero-order valence-electron chi connectivity index (χ0n) is 20.5. The summed E-state index contributed by atoms with van der Waals surface area (Å²) in [5.74, 6) is 0.331. The molecule has 3 aromatic rings. The molecule has 0 radical (unpaired) electrons. The van der Waals surface area contributed by atoms with Crippen LogP contribution in [0.15, 0.2) is 66.0 Å². The molecule has 9 nitrogen and oxygen atoms in total. The highest BCUT2D eigenvalue weighted by Crippen LogP contribution is 2.30. The summed E-state index contributed by atoms with van der Waals surface area (Å²) in [5, 5.41) is 0.726. The molecule has 11 heteroatoms. The van der Waals surface area contributed by atoms with Crippen LogP contribution in [0.25, 0.3) is 0 Å². The summed E-state index contributed by atoms with van der Waals surface area (Å²) in [7, 11) is -3.75. The lowest BCUT2D eigenvalue weighted by Gasteiger charge is -2.42. The highest BCUT2D eigenvalue weighted by atomic mass is 35.5. The van der Waals surface area contributed by atoms with Gasteiger partial charge in [-0.15, -0.1) is 0 Å². The molecular weight excluding hydrogens is 512 g/mol. The molecule has 2 aliphatic heterocycles. The van der Waals surface area contributed by atoms with E-state index < -0.39 is 10.0 Å². The number of aromatic nitrogens is 2. The number of benzene rings is 2. The van der Waals surface area contributed by atoms with E-state index in [9.17, 15) is 13.2 Å². The van der Waals surface area contributed by atoms with E-state index in [0.29, 0.717) is 26.2 Å². The van der Waals surface area contributed by atoms with Gasteiger partial charge in [0.25, 0.3) is 10.0 Å². The number of halogens is 1. The number of rotatable bonds is 6. The van der Waals surface area contributed by atoms with Crippen molar-refractivity contribution in [2.45, 2.75) is 30.7 Å². The van der Waals surface area contributed by atoms with Gasteiger partial charge in [0.05, 0.1) is 11.4 Å². The predicted octanol–water partition coefficient (Wildman–Crippen LogP) is 3.91. The smallest absolute Gasteiger partial charge is 0.263 e. The van der Waals surface area contributed by atoms with Crippen LogP contribution in [-0.2, 0) is 21.2 Å². The Morgan fingerprint density at radius 3 is 2.68 bits per heavy atom. The van der Waals surface area contributed by atoms with Crippen LogP contribution in [0.1, 0.15) is 21.8 Å². The van der Waals surface area contributed by atoms with Crippen molar-refractivity contribution in [3.8, 4) is 0 Å². The predicted molar refractivity (Wildman–Crippen MR) is 149 cm³/mol. The van der Waals surface area contributed by atoms with Crippen LogP contribution >= 0.6 is 11.6 Å². The van der Waals surface area contributed by atoms with Crippen LogP contribution in [0, 0.1) is 0 Å². The second kappa shape index (κ2) is 10.5. The molecule has 2 aromatic carbocycles. The van der Waals surface area contributed by atoms with Crippen LogP contribution in [0.5, 0.6) is 0 Å². The fourth-order valence-electron chi connectivity index (χ4n) is 5.01. The van der Waals surface area contributed by atoms with Gasteiger partial charge >= 0.3 is 0 Å². The number of hydrogen-bond donors (Lipinski definition) is 1. The number of carbonyl (C=O) groups is 1.